The third-order valence-corrected chi connectivity index (χ3v) is 2.12. The lowest BCUT2D eigenvalue weighted by molar-refractivity contribution is 0.0988. The van der Waals surface area contributed by atoms with Gasteiger partial charge in [-0.1, -0.05) is 19.1 Å². The molecule has 15 heavy (non-hydrogen) atoms. The zero-order chi connectivity index (χ0) is 11.3. The van der Waals surface area contributed by atoms with Crippen LogP contribution in [0.2, 0.25) is 0 Å². The molecule has 1 rings (SSSR count). The second kappa shape index (κ2) is 5.35. The van der Waals surface area contributed by atoms with Crippen LogP contribution in [0.15, 0.2) is 36.4 Å². The molecule has 0 heterocycles. The molecule has 0 unspecified atom stereocenters. The molecule has 80 valence electrons. The second-order valence-electron chi connectivity index (χ2n) is 3.66. The van der Waals surface area contributed by atoms with Crippen molar-refractivity contribution in [2.24, 2.45) is 0 Å². The number of carbonyl (C=O) groups excluding carboxylic acids is 1. The molecule has 0 bridgehead atoms. The van der Waals surface area contributed by atoms with E-state index in [0.29, 0.717) is 6.42 Å². The van der Waals surface area contributed by atoms with Gasteiger partial charge in [0.25, 0.3) is 0 Å². The van der Waals surface area contributed by atoms with Crippen LogP contribution in [0.25, 0.3) is 0 Å². The van der Waals surface area contributed by atoms with Gasteiger partial charge in [-0.05, 0) is 31.2 Å². The Morgan fingerprint density at radius 1 is 1.33 bits per heavy atom. The number of Topliss-reactive ketones (excluding diaryl/α,β-unsaturated/α-hetero) is 1. The second-order valence-corrected chi connectivity index (χ2v) is 3.66. The molecule has 0 aromatic heterocycles. The Morgan fingerprint density at radius 3 is 2.40 bits per heavy atom. The molecule has 2 heteroatoms. The number of ketones is 1. The SMILES string of the molecule is C=C(C)CNc1ccc(C(=O)CC)cc1. The zero-order valence-corrected chi connectivity index (χ0v) is 9.34. The molecule has 0 radical (unpaired) electrons. The van der Waals surface area contributed by atoms with E-state index in [-0.39, 0.29) is 5.78 Å². The molecular formula is C13H17NO. The van der Waals surface area contributed by atoms with Crippen molar-refractivity contribution in [2.75, 3.05) is 11.9 Å². The van der Waals surface area contributed by atoms with Crippen molar-refractivity contribution in [3.63, 3.8) is 0 Å². The molecule has 0 spiro atoms. The molecule has 0 aliphatic carbocycles. The highest BCUT2D eigenvalue weighted by molar-refractivity contribution is 5.96. The molecule has 0 aliphatic rings. The minimum atomic E-state index is 0.182. The van der Waals surface area contributed by atoms with Crippen molar-refractivity contribution in [3.05, 3.63) is 42.0 Å². The molecule has 0 amide bonds. The molecule has 0 saturated heterocycles. The fourth-order valence-electron chi connectivity index (χ4n) is 1.23. The lowest BCUT2D eigenvalue weighted by atomic mass is 10.1. The number of hydrogen-bond donors (Lipinski definition) is 1. The summed E-state index contributed by atoms with van der Waals surface area (Å²) in [6.07, 6.45) is 0.554. The van der Waals surface area contributed by atoms with Gasteiger partial charge in [0.2, 0.25) is 0 Å². The normalized spacial score (nSPS) is 9.73. The van der Waals surface area contributed by atoms with Crippen molar-refractivity contribution < 1.29 is 4.79 Å². The van der Waals surface area contributed by atoms with Gasteiger partial charge >= 0.3 is 0 Å². The van der Waals surface area contributed by atoms with Gasteiger partial charge in [-0.3, -0.25) is 4.79 Å². The molecule has 1 aromatic rings. The largest absolute Gasteiger partial charge is 0.381 e. The smallest absolute Gasteiger partial charge is 0.162 e. The topological polar surface area (TPSA) is 29.1 Å². The van der Waals surface area contributed by atoms with Gasteiger partial charge in [0, 0.05) is 24.2 Å². The predicted octanol–water partition coefficient (Wildman–Crippen LogP) is 3.27. The first-order valence-electron chi connectivity index (χ1n) is 5.15. The Balaban J connectivity index is 2.64. The number of rotatable bonds is 5. The molecule has 1 N–H and O–H groups in total. The van der Waals surface area contributed by atoms with Crippen LogP contribution in [0.5, 0.6) is 0 Å². The lowest BCUT2D eigenvalue weighted by Crippen LogP contribution is -2.02. The van der Waals surface area contributed by atoms with E-state index in [9.17, 15) is 4.79 Å². The maximum atomic E-state index is 11.4. The van der Waals surface area contributed by atoms with Crippen LogP contribution in [0.4, 0.5) is 5.69 Å². The van der Waals surface area contributed by atoms with Crippen LogP contribution in [-0.4, -0.2) is 12.3 Å². The summed E-state index contributed by atoms with van der Waals surface area (Å²) in [5, 5.41) is 3.22. The third-order valence-electron chi connectivity index (χ3n) is 2.12. The Morgan fingerprint density at radius 2 is 1.93 bits per heavy atom. The number of anilines is 1. The van der Waals surface area contributed by atoms with Crippen molar-refractivity contribution in [1.29, 1.82) is 0 Å². The average Bonchev–Trinajstić information content (AvgIpc) is 2.26. The minimum Gasteiger partial charge on any atom is -0.381 e. The summed E-state index contributed by atoms with van der Waals surface area (Å²) < 4.78 is 0. The van der Waals surface area contributed by atoms with E-state index in [1.54, 1.807) is 0 Å². The maximum Gasteiger partial charge on any atom is 0.162 e. The van der Waals surface area contributed by atoms with Crippen LogP contribution in [0.3, 0.4) is 0 Å². The van der Waals surface area contributed by atoms with E-state index in [4.69, 9.17) is 0 Å². The summed E-state index contributed by atoms with van der Waals surface area (Å²) >= 11 is 0. The van der Waals surface area contributed by atoms with Crippen molar-refractivity contribution in [3.8, 4) is 0 Å². The zero-order valence-electron chi connectivity index (χ0n) is 9.34. The summed E-state index contributed by atoms with van der Waals surface area (Å²) in [7, 11) is 0. The lowest BCUT2D eigenvalue weighted by Gasteiger charge is -2.06. The monoisotopic (exact) mass is 203 g/mol. The van der Waals surface area contributed by atoms with Gasteiger partial charge in [0.05, 0.1) is 0 Å². The summed E-state index contributed by atoms with van der Waals surface area (Å²) in [5.41, 5.74) is 2.88. The first-order valence-corrected chi connectivity index (χ1v) is 5.15. The van der Waals surface area contributed by atoms with E-state index in [0.717, 1.165) is 23.4 Å². The summed E-state index contributed by atoms with van der Waals surface area (Å²) in [4.78, 5) is 11.4. The molecule has 0 atom stereocenters. The average molecular weight is 203 g/mol. The number of hydrogen-bond acceptors (Lipinski definition) is 2. The molecule has 2 nitrogen and oxygen atoms in total. The Hall–Kier alpha value is -1.57. The van der Waals surface area contributed by atoms with Crippen molar-refractivity contribution >= 4 is 11.5 Å². The van der Waals surface area contributed by atoms with Crippen LogP contribution in [-0.2, 0) is 0 Å². The highest BCUT2D eigenvalue weighted by Gasteiger charge is 2.01. The molecular weight excluding hydrogens is 186 g/mol. The highest BCUT2D eigenvalue weighted by atomic mass is 16.1. The Bertz CT molecular complexity index is 351. The molecule has 1 aromatic carbocycles. The predicted molar refractivity (Wildman–Crippen MR) is 64.4 cm³/mol. The first-order chi connectivity index (χ1) is 7.13. The van der Waals surface area contributed by atoms with Gasteiger partial charge in [-0.15, -0.1) is 0 Å². The van der Waals surface area contributed by atoms with Crippen molar-refractivity contribution in [1.82, 2.24) is 0 Å². The molecule has 0 aliphatic heterocycles. The van der Waals surface area contributed by atoms with E-state index >= 15 is 0 Å². The highest BCUT2D eigenvalue weighted by Crippen LogP contribution is 2.11. The number of benzene rings is 1. The third kappa shape index (κ3) is 3.58. The van der Waals surface area contributed by atoms with Gasteiger partial charge < -0.3 is 5.32 Å². The molecule has 0 saturated carbocycles. The Kier molecular flexibility index (Phi) is 4.10. The standard InChI is InChI=1S/C13H17NO/c1-4-13(15)11-5-7-12(8-6-11)14-9-10(2)3/h5-8,14H,2,4,9H2,1,3H3. The maximum absolute atomic E-state index is 11.4. The summed E-state index contributed by atoms with van der Waals surface area (Å²) in [5.74, 6) is 0.182. The van der Waals surface area contributed by atoms with Gasteiger partial charge in [0.15, 0.2) is 5.78 Å². The quantitative estimate of drug-likeness (QED) is 0.588. The fourth-order valence-corrected chi connectivity index (χ4v) is 1.23. The van der Waals surface area contributed by atoms with Crippen LogP contribution < -0.4 is 5.32 Å². The van der Waals surface area contributed by atoms with E-state index in [1.165, 1.54) is 0 Å². The fraction of sp³-hybridized carbons (Fsp3) is 0.308. The van der Waals surface area contributed by atoms with Crippen LogP contribution >= 0.6 is 0 Å². The first kappa shape index (κ1) is 11.5. The summed E-state index contributed by atoms with van der Waals surface area (Å²) in [6, 6.07) is 7.55. The van der Waals surface area contributed by atoms with Crippen LogP contribution in [0.1, 0.15) is 30.6 Å². The number of carbonyl (C=O) groups is 1. The van der Waals surface area contributed by atoms with Gasteiger partial charge in [-0.25, -0.2) is 0 Å². The molecule has 0 fully saturated rings. The van der Waals surface area contributed by atoms with E-state index in [1.807, 2.05) is 38.1 Å². The number of nitrogens with one attached hydrogen (secondary N) is 1. The van der Waals surface area contributed by atoms with Gasteiger partial charge in [-0.2, -0.15) is 0 Å². The summed E-state index contributed by atoms with van der Waals surface area (Å²) in [6.45, 7) is 8.42. The van der Waals surface area contributed by atoms with Gasteiger partial charge in [0.1, 0.15) is 0 Å². The minimum absolute atomic E-state index is 0.182. The Labute approximate surface area is 91.0 Å². The van der Waals surface area contributed by atoms with Crippen LogP contribution in [0, 0.1) is 0 Å². The van der Waals surface area contributed by atoms with Crippen molar-refractivity contribution in [2.45, 2.75) is 20.3 Å². The van der Waals surface area contributed by atoms with E-state index in [2.05, 4.69) is 11.9 Å². The van der Waals surface area contributed by atoms with E-state index < -0.39 is 0 Å².